The SMILES string of the molecule is CC1CCC(N(C(=O)c2ccnc(C(=O)O)c2)C2CC2)CC1. The summed E-state index contributed by atoms with van der Waals surface area (Å²) in [5.41, 5.74) is 0.372. The molecule has 5 heteroatoms. The van der Waals surface area contributed by atoms with Crippen molar-refractivity contribution in [3.8, 4) is 0 Å². The lowest BCUT2D eigenvalue weighted by Gasteiger charge is -2.36. The van der Waals surface area contributed by atoms with Gasteiger partial charge in [-0.05, 0) is 56.6 Å². The molecule has 1 aromatic rings. The Hall–Kier alpha value is -1.91. The molecular formula is C17H22N2O3. The van der Waals surface area contributed by atoms with Gasteiger partial charge in [-0.15, -0.1) is 0 Å². The number of carboxylic acid groups (broad SMARTS) is 1. The number of amides is 1. The molecule has 2 fully saturated rings. The van der Waals surface area contributed by atoms with Gasteiger partial charge in [0.2, 0.25) is 0 Å². The Balaban J connectivity index is 1.81. The molecule has 0 saturated heterocycles. The molecular weight excluding hydrogens is 280 g/mol. The fourth-order valence-corrected chi connectivity index (χ4v) is 3.33. The van der Waals surface area contributed by atoms with E-state index in [0.717, 1.165) is 44.4 Å². The zero-order valence-corrected chi connectivity index (χ0v) is 12.9. The van der Waals surface area contributed by atoms with Gasteiger partial charge in [-0.25, -0.2) is 9.78 Å². The molecule has 1 amide bonds. The smallest absolute Gasteiger partial charge is 0.354 e. The summed E-state index contributed by atoms with van der Waals surface area (Å²) in [6.45, 7) is 2.27. The average Bonchev–Trinajstić information content (AvgIpc) is 3.34. The van der Waals surface area contributed by atoms with Crippen LogP contribution in [0.2, 0.25) is 0 Å². The van der Waals surface area contributed by atoms with E-state index in [2.05, 4.69) is 11.9 Å². The van der Waals surface area contributed by atoms with Gasteiger partial charge in [0, 0.05) is 23.8 Å². The molecule has 5 nitrogen and oxygen atoms in total. The fourth-order valence-electron chi connectivity index (χ4n) is 3.33. The highest BCUT2D eigenvalue weighted by Gasteiger charge is 2.38. The highest BCUT2D eigenvalue weighted by molar-refractivity contribution is 5.97. The van der Waals surface area contributed by atoms with E-state index >= 15 is 0 Å². The maximum atomic E-state index is 12.9. The predicted molar refractivity (Wildman–Crippen MR) is 81.8 cm³/mol. The highest BCUT2D eigenvalue weighted by atomic mass is 16.4. The third-order valence-electron chi connectivity index (χ3n) is 4.78. The molecule has 0 spiro atoms. The van der Waals surface area contributed by atoms with E-state index in [9.17, 15) is 9.59 Å². The molecule has 0 unspecified atom stereocenters. The predicted octanol–water partition coefficient (Wildman–Crippen LogP) is 2.96. The number of carbonyl (C=O) groups is 2. The zero-order chi connectivity index (χ0) is 15.7. The Morgan fingerprint density at radius 2 is 1.73 bits per heavy atom. The minimum atomic E-state index is -1.10. The van der Waals surface area contributed by atoms with Crippen LogP contribution in [0.15, 0.2) is 18.3 Å². The normalized spacial score (nSPS) is 24.8. The first-order chi connectivity index (χ1) is 10.6. The number of hydrogen-bond donors (Lipinski definition) is 1. The lowest BCUT2D eigenvalue weighted by Crippen LogP contribution is -2.43. The summed E-state index contributed by atoms with van der Waals surface area (Å²) >= 11 is 0. The van der Waals surface area contributed by atoms with E-state index in [1.54, 1.807) is 6.07 Å². The number of pyridine rings is 1. The fraction of sp³-hybridized carbons (Fsp3) is 0.588. The molecule has 1 N–H and O–H groups in total. The molecule has 2 saturated carbocycles. The molecule has 0 bridgehead atoms. The van der Waals surface area contributed by atoms with Crippen LogP contribution in [0.1, 0.15) is 66.3 Å². The van der Waals surface area contributed by atoms with Crippen LogP contribution in [0.4, 0.5) is 0 Å². The van der Waals surface area contributed by atoms with E-state index in [1.165, 1.54) is 12.3 Å². The lowest BCUT2D eigenvalue weighted by molar-refractivity contribution is 0.0593. The van der Waals surface area contributed by atoms with Gasteiger partial charge in [0.15, 0.2) is 0 Å². The molecule has 2 aliphatic rings. The van der Waals surface area contributed by atoms with E-state index in [-0.39, 0.29) is 11.6 Å². The minimum Gasteiger partial charge on any atom is -0.477 e. The van der Waals surface area contributed by atoms with Crippen LogP contribution in [0.3, 0.4) is 0 Å². The second kappa shape index (κ2) is 6.07. The topological polar surface area (TPSA) is 70.5 Å². The lowest BCUT2D eigenvalue weighted by atomic mass is 9.86. The van der Waals surface area contributed by atoms with Gasteiger partial charge < -0.3 is 10.0 Å². The summed E-state index contributed by atoms with van der Waals surface area (Å²) in [5.74, 6) is -0.391. The van der Waals surface area contributed by atoms with Crippen molar-refractivity contribution < 1.29 is 14.7 Å². The van der Waals surface area contributed by atoms with Gasteiger partial charge in [0.1, 0.15) is 5.69 Å². The monoisotopic (exact) mass is 302 g/mol. The maximum absolute atomic E-state index is 12.9. The summed E-state index contributed by atoms with van der Waals surface area (Å²) in [5, 5.41) is 9.04. The molecule has 3 rings (SSSR count). The van der Waals surface area contributed by atoms with Gasteiger partial charge in [-0.2, -0.15) is 0 Å². The van der Waals surface area contributed by atoms with Crippen LogP contribution in [0.25, 0.3) is 0 Å². The largest absolute Gasteiger partial charge is 0.477 e. The molecule has 0 aromatic carbocycles. The minimum absolute atomic E-state index is 0.0352. The van der Waals surface area contributed by atoms with Crippen LogP contribution < -0.4 is 0 Å². The summed E-state index contributed by atoms with van der Waals surface area (Å²) in [6, 6.07) is 3.66. The molecule has 0 aliphatic heterocycles. The summed E-state index contributed by atoms with van der Waals surface area (Å²) in [4.78, 5) is 29.7. The first-order valence-corrected chi connectivity index (χ1v) is 8.08. The third-order valence-corrected chi connectivity index (χ3v) is 4.78. The average molecular weight is 302 g/mol. The van der Waals surface area contributed by atoms with Crippen LogP contribution in [0, 0.1) is 5.92 Å². The maximum Gasteiger partial charge on any atom is 0.354 e. The summed E-state index contributed by atoms with van der Waals surface area (Å²) < 4.78 is 0. The quantitative estimate of drug-likeness (QED) is 0.928. The first kappa shape index (κ1) is 15.0. The van der Waals surface area contributed by atoms with Crippen molar-refractivity contribution in [3.05, 3.63) is 29.6 Å². The number of aromatic nitrogens is 1. The molecule has 0 radical (unpaired) electrons. The highest BCUT2D eigenvalue weighted by Crippen LogP contribution is 2.36. The molecule has 2 aliphatic carbocycles. The zero-order valence-electron chi connectivity index (χ0n) is 12.9. The van der Waals surface area contributed by atoms with E-state index in [0.29, 0.717) is 17.6 Å². The second-order valence-electron chi connectivity index (χ2n) is 6.59. The van der Waals surface area contributed by atoms with Crippen molar-refractivity contribution in [2.75, 3.05) is 0 Å². The van der Waals surface area contributed by atoms with Gasteiger partial charge >= 0.3 is 5.97 Å². The number of rotatable bonds is 4. The number of carbonyl (C=O) groups excluding carboxylic acids is 1. The molecule has 0 atom stereocenters. The van der Waals surface area contributed by atoms with Crippen LogP contribution in [-0.2, 0) is 0 Å². The van der Waals surface area contributed by atoms with Crippen LogP contribution in [-0.4, -0.2) is 39.0 Å². The van der Waals surface area contributed by atoms with Crippen molar-refractivity contribution in [2.45, 2.75) is 57.5 Å². The summed E-state index contributed by atoms with van der Waals surface area (Å²) in [7, 11) is 0. The number of aromatic carboxylic acids is 1. The van der Waals surface area contributed by atoms with Crippen LogP contribution >= 0.6 is 0 Å². The van der Waals surface area contributed by atoms with E-state index in [4.69, 9.17) is 5.11 Å². The Labute approximate surface area is 130 Å². The van der Waals surface area contributed by atoms with Crippen molar-refractivity contribution >= 4 is 11.9 Å². The van der Waals surface area contributed by atoms with Gasteiger partial charge in [0.25, 0.3) is 5.91 Å². The van der Waals surface area contributed by atoms with Gasteiger partial charge in [-0.3, -0.25) is 4.79 Å². The number of carboxylic acids is 1. The number of hydrogen-bond acceptors (Lipinski definition) is 3. The Morgan fingerprint density at radius 3 is 2.27 bits per heavy atom. The van der Waals surface area contributed by atoms with Crippen molar-refractivity contribution in [3.63, 3.8) is 0 Å². The van der Waals surface area contributed by atoms with Gasteiger partial charge in [-0.1, -0.05) is 6.92 Å². The Morgan fingerprint density at radius 1 is 1.14 bits per heavy atom. The van der Waals surface area contributed by atoms with E-state index < -0.39 is 5.97 Å². The first-order valence-electron chi connectivity index (χ1n) is 8.08. The molecule has 1 aromatic heterocycles. The molecule has 1 heterocycles. The molecule has 118 valence electrons. The Kier molecular flexibility index (Phi) is 4.14. The van der Waals surface area contributed by atoms with Crippen molar-refractivity contribution in [1.29, 1.82) is 0 Å². The molecule has 22 heavy (non-hydrogen) atoms. The van der Waals surface area contributed by atoms with Crippen molar-refractivity contribution in [2.24, 2.45) is 5.92 Å². The van der Waals surface area contributed by atoms with E-state index in [1.807, 2.05) is 4.90 Å². The van der Waals surface area contributed by atoms with Crippen molar-refractivity contribution in [1.82, 2.24) is 9.88 Å². The summed E-state index contributed by atoms with van der Waals surface area (Å²) in [6.07, 6.45) is 7.98. The van der Waals surface area contributed by atoms with Gasteiger partial charge in [0.05, 0.1) is 0 Å². The standard InChI is InChI=1S/C17H22N2O3/c1-11-2-4-13(5-3-11)19(14-6-7-14)16(20)12-8-9-18-15(10-12)17(21)22/h8-11,13-14H,2-7H2,1H3,(H,21,22). The third kappa shape index (κ3) is 3.13. The Bertz CT molecular complexity index is 575. The number of nitrogens with zero attached hydrogens (tertiary/aromatic N) is 2. The second-order valence-corrected chi connectivity index (χ2v) is 6.59. The van der Waals surface area contributed by atoms with Crippen LogP contribution in [0.5, 0.6) is 0 Å².